The number of halogens is 1. The van der Waals surface area contributed by atoms with Crippen molar-refractivity contribution >= 4 is 27.7 Å². The van der Waals surface area contributed by atoms with E-state index in [0.717, 1.165) is 21.5 Å². The largest absolute Gasteiger partial charge is 0.468 e. The van der Waals surface area contributed by atoms with Crippen molar-refractivity contribution in [1.29, 1.82) is 0 Å². The van der Waals surface area contributed by atoms with Gasteiger partial charge in [0.2, 0.25) is 0 Å². The highest BCUT2D eigenvalue weighted by Gasteiger charge is 2.04. The monoisotopic (exact) mass is 297 g/mol. The van der Waals surface area contributed by atoms with Gasteiger partial charge < -0.3 is 10.2 Å². The molecule has 0 bridgehead atoms. The van der Waals surface area contributed by atoms with Crippen LogP contribution in [0.15, 0.2) is 50.4 Å². The van der Waals surface area contributed by atoms with Gasteiger partial charge in [0.25, 0.3) is 0 Å². The number of furan rings is 1. The Morgan fingerprint density at radius 3 is 2.88 bits per heavy atom. The van der Waals surface area contributed by atoms with Gasteiger partial charge in [-0.25, -0.2) is 0 Å². The highest BCUT2D eigenvalue weighted by Crippen LogP contribution is 2.28. The normalized spacial score (nSPS) is 10.6. The molecule has 1 heterocycles. The minimum Gasteiger partial charge on any atom is -0.468 e. The van der Waals surface area contributed by atoms with E-state index >= 15 is 0 Å². The van der Waals surface area contributed by atoms with Crippen molar-refractivity contribution in [1.82, 2.24) is 0 Å². The molecule has 1 aromatic heterocycles. The number of thioether (sulfide) groups is 1. The molecule has 0 aliphatic carbocycles. The Kier molecular flexibility index (Phi) is 4.09. The molecule has 0 saturated carbocycles. The second-order valence-corrected chi connectivity index (χ2v) is 5.26. The third-order valence-corrected chi connectivity index (χ3v) is 3.82. The summed E-state index contributed by atoms with van der Waals surface area (Å²) in [5.41, 5.74) is 6.87. The van der Waals surface area contributed by atoms with E-state index in [2.05, 4.69) is 28.1 Å². The first-order valence-corrected chi connectivity index (χ1v) is 6.71. The summed E-state index contributed by atoms with van der Waals surface area (Å²) in [7, 11) is 0. The lowest BCUT2D eigenvalue weighted by Crippen LogP contribution is -1.98. The first kappa shape index (κ1) is 11.8. The van der Waals surface area contributed by atoms with Gasteiger partial charge in [-0.15, -0.1) is 11.8 Å². The van der Waals surface area contributed by atoms with Crippen LogP contribution in [-0.2, 0) is 12.3 Å². The van der Waals surface area contributed by atoms with Gasteiger partial charge in [-0.1, -0.05) is 15.9 Å². The molecule has 4 heteroatoms. The Morgan fingerprint density at radius 1 is 1.31 bits per heavy atom. The van der Waals surface area contributed by atoms with Crippen molar-refractivity contribution in [2.24, 2.45) is 5.73 Å². The van der Waals surface area contributed by atoms with Crippen LogP contribution in [0.4, 0.5) is 0 Å². The maximum absolute atomic E-state index is 5.71. The number of benzene rings is 1. The van der Waals surface area contributed by atoms with Crippen molar-refractivity contribution in [2.45, 2.75) is 17.2 Å². The van der Waals surface area contributed by atoms with Gasteiger partial charge in [-0.3, -0.25) is 0 Å². The summed E-state index contributed by atoms with van der Waals surface area (Å²) in [6, 6.07) is 10.1. The third-order valence-electron chi connectivity index (χ3n) is 2.19. The predicted octanol–water partition coefficient (Wildman–Crippen LogP) is 3.79. The number of rotatable bonds is 4. The molecule has 0 atom stereocenters. The highest BCUT2D eigenvalue weighted by molar-refractivity contribution is 9.10. The molecule has 2 nitrogen and oxygen atoms in total. The Morgan fingerprint density at radius 2 is 2.19 bits per heavy atom. The van der Waals surface area contributed by atoms with E-state index < -0.39 is 0 Å². The quantitative estimate of drug-likeness (QED) is 0.873. The third kappa shape index (κ3) is 2.90. The lowest BCUT2D eigenvalue weighted by Gasteiger charge is -2.06. The molecule has 0 unspecified atom stereocenters. The molecular formula is C12H12BrNOS. The zero-order valence-electron chi connectivity index (χ0n) is 8.65. The maximum atomic E-state index is 5.71. The van der Waals surface area contributed by atoms with Crippen LogP contribution in [0, 0.1) is 0 Å². The van der Waals surface area contributed by atoms with Gasteiger partial charge in [0.05, 0.1) is 12.0 Å². The van der Waals surface area contributed by atoms with E-state index in [-0.39, 0.29) is 0 Å². The molecule has 0 fully saturated rings. The summed E-state index contributed by atoms with van der Waals surface area (Å²) in [6.45, 7) is 0.555. The zero-order valence-corrected chi connectivity index (χ0v) is 11.1. The second kappa shape index (κ2) is 5.57. The maximum Gasteiger partial charge on any atom is 0.113 e. The fourth-order valence-electron chi connectivity index (χ4n) is 1.39. The van der Waals surface area contributed by atoms with Gasteiger partial charge in [0.1, 0.15) is 5.76 Å². The lowest BCUT2D eigenvalue weighted by atomic mass is 10.2. The van der Waals surface area contributed by atoms with Gasteiger partial charge in [0.15, 0.2) is 0 Å². The zero-order chi connectivity index (χ0) is 11.4. The number of hydrogen-bond donors (Lipinski definition) is 1. The highest BCUT2D eigenvalue weighted by atomic mass is 79.9. The van der Waals surface area contributed by atoms with Gasteiger partial charge in [0, 0.05) is 15.9 Å². The summed E-state index contributed by atoms with van der Waals surface area (Å²) in [5, 5.41) is 0. The standard InChI is InChI=1S/C12H12BrNOS/c13-10-3-4-12(9(6-10)7-14)16-8-11-2-1-5-15-11/h1-6H,7-8,14H2. The van der Waals surface area contributed by atoms with Crippen LogP contribution in [0.25, 0.3) is 0 Å². The van der Waals surface area contributed by atoms with Crippen molar-refractivity contribution in [3.05, 3.63) is 52.4 Å². The molecule has 84 valence electrons. The van der Waals surface area contributed by atoms with Crippen molar-refractivity contribution in [3.8, 4) is 0 Å². The molecule has 0 amide bonds. The SMILES string of the molecule is NCc1cc(Br)ccc1SCc1ccco1. The van der Waals surface area contributed by atoms with Crippen LogP contribution in [0.5, 0.6) is 0 Å². The van der Waals surface area contributed by atoms with E-state index in [1.54, 1.807) is 18.0 Å². The number of hydrogen-bond acceptors (Lipinski definition) is 3. The van der Waals surface area contributed by atoms with Crippen molar-refractivity contribution in [3.63, 3.8) is 0 Å². The summed E-state index contributed by atoms with van der Waals surface area (Å²) in [6.07, 6.45) is 1.70. The van der Waals surface area contributed by atoms with Crippen LogP contribution in [0.3, 0.4) is 0 Å². The van der Waals surface area contributed by atoms with Crippen LogP contribution >= 0.6 is 27.7 Å². The minimum atomic E-state index is 0.555. The summed E-state index contributed by atoms with van der Waals surface area (Å²) >= 11 is 5.19. The Balaban J connectivity index is 2.09. The molecule has 2 rings (SSSR count). The molecule has 0 saturated heterocycles. The van der Waals surface area contributed by atoms with Gasteiger partial charge in [-0.05, 0) is 35.9 Å². The summed E-state index contributed by atoms with van der Waals surface area (Å²) < 4.78 is 6.36. The van der Waals surface area contributed by atoms with Crippen molar-refractivity contribution < 1.29 is 4.42 Å². The summed E-state index contributed by atoms with van der Waals surface area (Å²) in [4.78, 5) is 1.21. The first-order chi connectivity index (χ1) is 7.79. The Hall–Kier alpha value is -0.710. The van der Waals surface area contributed by atoms with Gasteiger partial charge in [-0.2, -0.15) is 0 Å². The fourth-order valence-corrected chi connectivity index (χ4v) is 2.75. The Labute approximate surface area is 107 Å². The molecular weight excluding hydrogens is 286 g/mol. The smallest absolute Gasteiger partial charge is 0.113 e. The topological polar surface area (TPSA) is 39.2 Å². The molecule has 2 N–H and O–H groups in total. The van der Waals surface area contributed by atoms with Crippen molar-refractivity contribution in [2.75, 3.05) is 0 Å². The predicted molar refractivity (Wildman–Crippen MR) is 70.3 cm³/mol. The van der Waals surface area contributed by atoms with Crippen LogP contribution in [0.2, 0.25) is 0 Å². The van der Waals surface area contributed by atoms with Crippen LogP contribution in [0.1, 0.15) is 11.3 Å². The van der Waals surface area contributed by atoms with Crippen LogP contribution < -0.4 is 5.73 Å². The Bertz CT molecular complexity index is 456. The van der Waals surface area contributed by atoms with E-state index in [9.17, 15) is 0 Å². The van der Waals surface area contributed by atoms with E-state index in [0.29, 0.717) is 6.54 Å². The molecule has 2 aromatic rings. The first-order valence-electron chi connectivity index (χ1n) is 4.93. The summed E-state index contributed by atoms with van der Waals surface area (Å²) in [5.74, 6) is 1.82. The van der Waals surface area contributed by atoms with E-state index in [1.807, 2.05) is 18.2 Å². The fraction of sp³-hybridized carbons (Fsp3) is 0.167. The van der Waals surface area contributed by atoms with E-state index in [4.69, 9.17) is 10.2 Å². The molecule has 0 radical (unpaired) electrons. The lowest BCUT2D eigenvalue weighted by molar-refractivity contribution is 0.530. The van der Waals surface area contributed by atoms with Gasteiger partial charge >= 0.3 is 0 Å². The number of nitrogens with two attached hydrogens (primary N) is 1. The minimum absolute atomic E-state index is 0.555. The molecule has 0 spiro atoms. The molecule has 1 aromatic carbocycles. The van der Waals surface area contributed by atoms with E-state index in [1.165, 1.54) is 4.90 Å². The molecule has 16 heavy (non-hydrogen) atoms. The average Bonchev–Trinajstić information content (AvgIpc) is 2.80. The average molecular weight is 298 g/mol. The van der Waals surface area contributed by atoms with Crippen LogP contribution in [-0.4, -0.2) is 0 Å². The molecule has 0 aliphatic rings. The second-order valence-electron chi connectivity index (χ2n) is 3.32. The molecule has 0 aliphatic heterocycles.